The van der Waals surface area contributed by atoms with Crippen molar-refractivity contribution in [3.05, 3.63) is 0 Å². The number of thiol groups is 1. The molecule has 1 rings (SSSR count). The van der Waals surface area contributed by atoms with Crippen LogP contribution < -0.4 is 0 Å². The molecule has 5 heteroatoms. The number of sulfonamides is 1. The average Bonchev–Trinajstić information content (AvgIpc) is 2.65. The molecule has 18 heavy (non-hydrogen) atoms. The molecule has 1 heterocycles. The molecule has 0 aromatic carbocycles. The molecule has 1 aliphatic heterocycles. The van der Waals surface area contributed by atoms with Crippen LogP contribution in [0.3, 0.4) is 0 Å². The van der Waals surface area contributed by atoms with Gasteiger partial charge in [0, 0.05) is 13.1 Å². The van der Waals surface area contributed by atoms with E-state index in [0.29, 0.717) is 24.6 Å². The van der Waals surface area contributed by atoms with Crippen LogP contribution in [0.4, 0.5) is 0 Å². The Morgan fingerprint density at radius 3 is 2.61 bits per heavy atom. The first-order chi connectivity index (χ1) is 8.30. The molecule has 1 atom stereocenters. The molecule has 1 unspecified atom stereocenters. The largest absolute Gasteiger partial charge is 0.214 e. The fourth-order valence-corrected chi connectivity index (χ4v) is 4.99. The maximum Gasteiger partial charge on any atom is 0.214 e. The molecule has 0 aliphatic carbocycles. The molecule has 108 valence electrons. The van der Waals surface area contributed by atoms with Crippen LogP contribution in [-0.2, 0) is 10.0 Å². The van der Waals surface area contributed by atoms with Gasteiger partial charge in [-0.25, -0.2) is 12.7 Å². The summed E-state index contributed by atoms with van der Waals surface area (Å²) in [4.78, 5) is 0. The van der Waals surface area contributed by atoms with E-state index in [0.717, 1.165) is 31.6 Å². The second-order valence-corrected chi connectivity index (χ2v) is 8.71. The second-order valence-electron chi connectivity index (χ2n) is 6.17. The summed E-state index contributed by atoms with van der Waals surface area (Å²) in [5.41, 5.74) is 0.275. The average molecular weight is 293 g/mol. The van der Waals surface area contributed by atoms with Gasteiger partial charge in [-0.1, -0.05) is 20.8 Å². The summed E-state index contributed by atoms with van der Waals surface area (Å²) in [6.07, 6.45) is 3.91. The third kappa shape index (κ3) is 4.74. The summed E-state index contributed by atoms with van der Waals surface area (Å²) in [5.74, 6) is 1.71. The minimum absolute atomic E-state index is 0.275. The SMILES string of the molecule is CCCS(=O)(=O)N1CCC(CC(C)(C)CCS)C1. The Labute approximate surface area is 118 Å². The van der Waals surface area contributed by atoms with Crippen molar-refractivity contribution in [1.82, 2.24) is 4.31 Å². The van der Waals surface area contributed by atoms with Gasteiger partial charge in [-0.3, -0.25) is 0 Å². The molecule has 0 aromatic heterocycles. The maximum atomic E-state index is 12.0. The van der Waals surface area contributed by atoms with Crippen LogP contribution in [-0.4, -0.2) is 37.3 Å². The third-order valence-electron chi connectivity index (χ3n) is 3.73. The quantitative estimate of drug-likeness (QED) is 0.733. The highest BCUT2D eigenvalue weighted by Crippen LogP contribution is 2.34. The third-order valence-corrected chi connectivity index (χ3v) is 6.00. The Morgan fingerprint density at radius 2 is 2.06 bits per heavy atom. The molecule has 3 nitrogen and oxygen atoms in total. The van der Waals surface area contributed by atoms with Gasteiger partial charge >= 0.3 is 0 Å². The van der Waals surface area contributed by atoms with Crippen molar-refractivity contribution in [3.8, 4) is 0 Å². The van der Waals surface area contributed by atoms with Gasteiger partial charge in [-0.15, -0.1) is 0 Å². The molecule has 0 amide bonds. The van der Waals surface area contributed by atoms with E-state index in [1.807, 2.05) is 6.92 Å². The van der Waals surface area contributed by atoms with Gasteiger partial charge in [0.15, 0.2) is 0 Å². The molecule has 0 bridgehead atoms. The summed E-state index contributed by atoms with van der Waals surface area (Å²) in [5, 5.41) is 0. The zero-order valence-electron chi connectivity index (χ0n) is 11.9. The van der Waals surface area contributed by atoms with Crippen LogP contribution in [0.1, 0.15) is 46.5 Å². The molecule has 0 saturated carbocycles. The second kappa shape index (κ2) is 6.62. The number of hydrogen-bond donors (Lipinski definition) is 1. The summed E-state index contributed by atoms with van der Waals surface area (Å²) in [6.45, 7) is 7.86. The minimum Gasteiger partial charge on any atom is -0.212 e. The molecular weight excluding hydrogens is 266 g/mol. The predicted octanol–water partition coefficient (Wildman–Crippen LogP) is 2.78. The van der Waals surface area contributed by atoms with Crippen molar-refractivity contribution < 1.29 is 8.42 Å². The van der Waals surface area contributed by atoms with Gasteiger partial charge in [0.25, 0.3) is 0 Å². The topological polar surface area (TPSA) is 37.4 Å². The van der Waals surface area contributed by atoms with E-state index in [9.17, 15) is 8.42 Å². The molecular formula is C13H27NO2S2. The highest BCUT2D eigenvalue weighted by Gasteiger charge is 2.33. The Balaban J connectivity index is 2.52. The maximum absolute atomic E-state index is 12.0. The molecule has 1 saturated heterocycles. The lowest BCUT2D eigenvalue weighted by Gasteiger charge is -2.27. The molecule has 1 aliphatic rings. The molecule has 1 fully saturated rings. The Bertz CT molecular complexity index is 352. The number of rotatable bonds is 7. The van der Waals surface area contributed by atoms with Crippen LogP contribution in [0.2, 0.25) is 0 Å². The summed E-state index contributed by atoms with van der Waals surface area (Å²) in [7, 11) is -2.99. The van der Waals surface area contributed by atoms with Crippen LogP contribution in [0.25, 0.3) is 0 Å². The van der Waals surface area contributed by atoms with E-state index in [1.165, 1.54) is 0 Å². The van der Waals surface area contributed by atoms with Crippen LogP contribution >= 0.6 is 12.6 Å². The predicted molar refractivity (Wildman–Crippen MR) is 80.6 cm³/mol. The molecule has 0 N–H and O–H groups in total. The van der Waals surface area contributed by atoms with Crippen molar-refractivity contribution in [1.29, 1.82) is 0 Å². The summed E-state index contributed by atoms with van der Waals surface area (Å²) >= 11 is 4.30. The van der Waals surface area contributed by atoms with Crippen molar-refractivity contribution in [2.45, 2.75) is 46.5 Å². The Morgan fingerprint density at radius 1 is 1.39 bits per heavy atom. The first-order valence-electron chi connectivity index (χ1n) is 6.89. The van der Waals surface area contributed by atoms with E-state index >= 15 is 0 Å². The van der Waals surface area contributed by atoms with E-state index in [2.05, 4.69) is 26.5 Å². The van der Waals surface area contributed by atoms with Crippen LogP contribution in [0, 0.1) is 11.3 Å². The molecule has 0 aromatic rings. The first-order valence-corrected chi connectivity index (χ1v) is 9.13. The van der Waals surface area contributed by atoms with Crippen LogP contribution in [0.15, 0.2) is 0 Å². The minimum atomic E-state index is -2.99. The fourth-order valence-electron chi connectivity index (χ4n) is 2.79. The smallest absolute Gasteiger partial charge is 0.212 e. The van der Waals surface area contributed by atoms with Gasteiger partial charge in [-0.2, -0.15) is 12.6 Å². The van der Waals surface area contributed by atoms with E-state index in [4.69, 9.17) is 0 Å². The monoisotopic (exact) mass is 293 g/mol. The van der Waals surface area contributed by atoms with Gasteiger partial charge < -0.3 is 0 Å². The zero-order valence-corrected chi connectivity index (χ0v) is 13.6. The standard InChI is InChI=1S/C13H27NO2S2/c1-4-9-18(15,16)14-7-5-12(11-14)10-13(2,3)6-8-17/h12,17H,4-11H2,1-3H3. The summed E-state index contributed by atoms with van der Waals surface area (Å²) < 4.78 is 25.7. The highest BCUT2D eigenvalue weighted by atomic mass is 32.2. The van der Waals surface area contributed by atoms with Crippen LogP contribution in [0.5, 0.6) is 0 Å². The fraction of sp³-hybridized carbons (Fsp3) is 1.00. The Hall–Kier alpha value is 0.260. The van der Waals surface area contributed by atoms with Crippen molar-refractivity contribution in [2.75, 3.05) is 24.6 Å². The van der Waals surface area contributed by atoms with Crippen molar-refractivity contribution >= 4 is 22.7 Å². The first kappa shape index (κ1) is 16.3. The van der Waals surface area contributed by atoms with E-state index in [1.54, 1.807) is 4.31 Å². The normalized spacial score (nSPS) is 22.6. The van der Waals surface area contributed by atoms with Gasteiger partial charge in [-0.05, 0) is 42.8 Å². The molecule has 0 radical (unpaired) electrons. The zero-order chi connectivity index (χ0) is 13.8. The lowest BCUT2D eigenvalue weighted by Crippen LogP contribution is -2.31. The van der Waals surface area contributed by atoms with E-state index in [-0.39, 0.29) is 5.41 Å². The lowest BCUT2D eigenvalue weighted by atomic mass is 9.80. The van der Waals surface area contributed by atoms with Gasteiger partial charge in [0.2, 0.25) is 10.0 Å². The number of nitrogens with zero attached hydrogens (tertiary/aromatic N) is 1. The summed E-state index contributed by atoms with van der Waals surface area (Å²) in [6, 6.07) is 0. The molecule has 0 spiro atoms. The lowest BCUT2D eigenvalue weighted by molar-refractivity contribution is 0.264. The van der Waals surface area contributed by atoms with E-state index < -0.39 is 10.0 Å². The van der Waals surface area contributed by atoms with Crippen molar-refractivity contribution in [2.24, 2.45) is 11.3 Å². The number of hydrogen-bond acceptors (Lipinski definition) is 3. The van der Waals surface area contributed by atoms with Gasteiger partial charge in [0.05, 0.1) is 5.75 Å². The van der Waals surface area contributed by atoms with Crippen molar-refractivity contribution in [3.63, 3.8) is 0 Å². The highest BCUT2D eigenvalue weighted by molar-refractivity contribution is 7.89. The Kier molecular flexibility index (Phi) is 6.00. The van der Waals surface area contributed by atoms with Gasteiger partial charge in [0.1, 0.15) is 0 Å².